The molecule has 3 rings (SSSR count). The fourth-order valence-corrected chi connectivity index (χ4v) is 4.29. The third-order valence-electron chi connectivity index (χ3n) is 6.66. The van der Waals surface area contributed by atoms with E-state index in [-0.39, 0.29) is 18.9 Å². The Hall–Kier alpha value is -4.46. The number of carbonyl (C=O) groups excluding carboxylic acids is 3. The molecule has 2 amide bonds. The SMILES string of the molecule is CC(C)[C@H](NC(=O)[C@@H](NC(=O)[C@@H]1CCCN1)C(Cc1ccccc1)C(=O)O)C(=O)OCc1ccccc1.O=C(O)C(F)(F)F. The summed E-state index contributed by atoms with van der Waals surface area (Å²) >= 11 is 0. The number of rotatable bonds is 12. The number of amides is 2. The van der Waals surface area contributed by atoms with Crippen LogP contribution in [0.3, 0.4) is 0 Å². The molecule has 1 aliphatic rings. The van der Waals surface area contributed by atoms with Gasteiger partial charge in [-0.05, 0) is 42.9 Å². The number of aliphatic carboxylic acids is 2. The highest BCUT2D eigenvalue weighted by atomic mass is 19.4. The van der Waals surface area contributed by atoms with Gasteiger partial charge < -0.3 is 30.9 Å². The first-order valence-corrected chi connectivity index (χ1v) is 13.8. The molecule has 2 aromatic carbocycles. The number of ether oxygens (including phenoxy) is 1. The normalized spacial score (nSPS) is 16.5. The number of esters is 1. The summed E-state index contributed by atoms with van der Waals surface area (Å²) in [6.45, 7) is 4.22. The van der Waals surface area contributed by atoms with Crippen LogP contribution in [0.5, 0.6) is 0 Å². The fraction of sp³-hybridized carbons (Fsp3) is 0.433. The second-order valence-corrected chi connectivity index (χ2v) is 10.4. The predicted molar refractivity (Wildman–Crippen MR) is 151 cm³/mol. The van der Waals surface area contributed by atoms with Crippen molar-refractivity contribution in [1.82, 2.24) is 16.0 Å². The molecule has 1 heterocycles. The van der Waals surface area contributed by atoms with Crippen molar-refractivity contribution in [2.75, 3.05) is 6.54 Å². The molecule has 1 unspecified atom stereocenters. The topological polar surface area (TPSA) is 171 Å². The van der Waals surface area contributed by atoms with Crippen LogP contribution in [-0.2, 0) is 41.7 Å². The standard InChI is InChI=1S/C28H35N3O6.C2HF3O2/c1-18(2)23(28(36)37-17-20-12-7-4-8-13-20)30-26(33)24(31-25(32)22-14-9-15-29-22)21(27(34)35)16-19-10-5-3-6-11-19;3-2(4,5)1(6)7/h3-8,10-13,18,21-24,29H,9,14-17H2,1-2H3,(H,30,33)(H,31,32)(H,34,35);(H,6,7)/t21?,22-,23-,24-;/m0./s1. The molecule has 2 aromatic rings. The lowest BCUT2D eigenvalue weighted by Gasteiger charge is -2.28. The molecule has 240 valence electrons. The summed E-state index contributed by atoms with van der Waals surface area (Å²) in [6, 6.07) is 15.1. The lowest BCUT2D eigenvalue weighted by Crippen LogP contribution is -2.59. The molecule has 4 atom stereocenters. The Balaban J connectivity index is 0.000000860. The van der Waals surface area contributed by atoms with E-state index in [1.165, 1.54) is 0 Å². The van der Waals surface area contributed by atoms with Gasteiger partial charge in [0.25, 0.3) is 0 Å². The maximum Gasteiger partial charge on any atom is 0.490 e. The van der Waals surface area contributed by atoms with Crippen LogP contribution in [0.1, 0.15) is 37.8 Å². The number of carboxylic acids is 2. The van der Waals surface area contributed by atoms with Gasteiger partial charge in [0, 0.05) is 0 Å². The molecule has 1 aliphatic heterocycles. The van der Waals surface area contributed by atoms with Crippen molar-refractivity contribution in [1.29, 1.82) is 0 Å². The van der Waals surface area contributed by atoms with E-state index in [0.717, 1.165) is 12.0 Å². The Morgan fingerprint density at radius 3 is 1.91 bits per heavy atom. The summed E-state index contributed by atoms with van der Waals surface area (Å²) < 4.78 is 37.2. The van der Waals surface area contributed by atoms with Crippen molar-refractivity contribution < 1.29 is 52.1 Å². The minimum absolute atomic E-state index is 0.0252. The molecule has 0 aliphatic carbocycles. The molecule has 0 spiro atoms. The molecule has 0 bridgehead atoms. The van der Waals surface area contributed by atoms with E-state index in [2.05, 4.69) is 16.0 Å². The lowest BCUT2D eigenvalue weighted by molar-refractivity contribution is -0.192. The number of alkyl halides is 3. The van der Waals surface area contributed by atoms with E-state index in [9.17, 15) is 37.5 Å². The fourth-order valence-electron chi connectivity index (χ4n) is 4.29. The van der Waals surface area contributed by atoms with E-state index >= 15 is 0 Å². The Morgan fingerprint density at radius 1 is 0.909 bits per heavy atom. The zero-order chi connectivity index (χ0) is 32.9. The van der Waals surface area contributed by atoms with Gasteiger partial charge in [0.15, 0.2) is 0 Å². The van der Waals surface area contributed by atoms with E-state index in [1.807, 2.05) is 36.4 Å². The van der Waals surface area contributed by atoms with Crippen LogP contribution in [-0.4, -0.2) is 70.8 Å². The van der Waals surface area contributed by atoms with Crippen molar-refractivity contribution >= 4 is 29.7 Å². The molecule has 11 nitrogen and oxygen atoms in total. The molecule has 14 heteroatoms. The van der Waals surface area contributed by atoms with Gasteiger partial charge in [-0.1, -0.05) is 74.5 Å². The number of halogens is 3. The van der Waals surface area contributed by atoms with Gasteiger partial charge >= 0.3 is 24.1 Å². The van der Waals surface area contributed by atoms with E-state index in [4.69, 9.17) is 14.6 Å². The summed E-state index contributed by atoms with van der Waals surface area (Å²) in [7, 11) is 0. The molecule has 0 saturated carbocycles. The number of hydrogen-bond acceptors (Lipinski definition) is 7. The van der Waals surface area contributed by atoms with Gasteiger partial charge in [0.05, 0.1) is 12.0 Å². The summed E-state index contributed by atoms with van der Waals surface area (Å²) in [5, 5.41) is 25.6. The maximum atomic E-state index is 13.5. The van der Waals surface area contributed by atoms with Crippen LogP contribution in [0.2, 0.25) is 0 Å². The van der Waals surface area contributed by atoms with Crippen LogP contribution >= 0.6 is 0 Å². The molecule has 0 aromatic heterocycles. The average molecular weight is 624 g/mol. The number of carbonyl (C=O) groups is 5. The first kappa shape index (κ1) is 35.7. The van der Waals surface area contributed by atoms with Gasteiger partial charge in [-0.2, -0.15) is 13.2 Å². The minimum atomic E-state index is -5.08. The van der Waals surface area contributed by atoms with Crippen molar-refractivity contribution in [2.24, 2.45) is 11.8 Å². The maximum absolute atomic E-state index is 13.5. The summed E-state index contributed by atoms with van der Waals surface area (Å²) in [5.41, 5.74) is 1.51. The molecule has 0 radical (unpaired) electrons. The first-order chi connectivity index (χ1) is 20.7. The van der Waals surface area contributed by atoms with E-state index in [1.54, 1.807) is 38.1 Å². The van der Waals surface area contributed by atoms with Crippen LogP contribution < -0.4 is 16.0 Å². The van der Waals surface area contributed by atoms with Gasteiger partial charge in [-0.25, -0.2) is 9.59 Å². The van der Waals surface area contributed by atoms with Crippen LogP contribution in [0, 0.1) is 11.8 Å². The zero-order valence-electron chi connectivity index (χ0n) is 24.2. The summed E-state index contributed by atoms with van der Waals surface area (Å²) in [4.78, 5) is 60.5. The minimum Gasteiger partial charge on any atom is -0.481 e. The zero-order valence-corrected chi connectivity index (χ0v) is 24.2. The summed E-state index contributed by atoms with van der Waals surface area (Å²) in [5.74, 6) is -7.39. The van der Waals surface area contributed by atoms with Gasteiger partial charge in [-0.3, -0.25) is 14.4 Å². The highest BCUT2D eigenvalue weighted by Gasteiger charge is 2.39. The highest BCUT2D eigenvalue weighted by Crippen LogP contribution is 2.17. The van der Waals surface area contributed by atoms with Crippen LogP contribution in [0.15, 0.2) is 60.7 Å². The van der Waals surface area contributed by atoms with Gasteiger partial charge in [0.2, 0.25) is 11.8 Å². The molecule has 5 N–H and O–H groups in total. The molecular weight excluding hydrogens is 587 g/mol. The number of hydrogen-bond donors (Lipinski definition) is 5. The van der Waals surface area contributed by atoms with Crippen molar-refractivity contribution in [3.8, 4) is 0 Å². The van der Waals surface area contributed by atoms with Gasteiger partial charge in [0.1, 0.15) is 18.7 Å². The Kier molecular flexibility index (Phi) is 13.8. The Bertz CT molecular complexity index is 1250. The molecule has 1 fully saturated rings. The van der Waals surface area contributed by atoms with E-state index in [0.29, 0.717) is 18.5 Å². The van der Waals surface area contributed by atoms with Gasteiger partial charge in [-0.15, -0.1) is 0 Å². The second-order valence-electron chi connectivity index (χ2n) is 10.4. The van der Waals surface area contributed by atoms with Crippen molar-refractivity contribution in [2.45, 2.75) is 64.0 Å². The average Bonchev–Trinajstić information content (AvgIpc) is 3.52. The van der Waals surface area contributed by atoms with Crippen LogP contribution in [0.25, 0.3) is 0 Å². The number of benzene rings is 2. The Morgan fingerprint density at radius 2 is 1.45 bits per heavy atom. The van der Waals surface area contributed by atoms with Crippen LogP contribution in [0.4, 0.5) is 13.2 Å². The van der Waals surface area contributed by atoms with Crippen molar-refractivity contribution in [3.05, 3.63) is 71.8 Å². The largest absolute Gasteiger partial charge is 0.490 e. The predicted octanol–water partition coefficient (Wildman–Crippen LogP) is 2.68. The molecular formula is C30H36F3N3O8. The monoisotopic (exact) mass is 623 g/mol. The number of carboxylic acid groups (broad SMARTS) is 2. The molecule has 44 heavy (non-hydrogen) atoms. The third kappa shape index (κ3) is 11.7. The van der Waals surface area contributed by atoms with E-state index < -0.39 is 59.9 Å². The second kappa shape index (κ2) is 17.0. The Labute approximate surface area is 252 Å². The molecule has 1 saturated heterocycles. The number of nitrogens with one attached hydrogen (secondary N) is 3. The highest BCUT2D eigenvalue weighted by molar-refractivity contribution is 5.95. The quantitative estimate of drug-likeness (QED) is 0.223. The van der Waals surface area contributed by atoms with Crippen molar-refractivity contribution in [3.63, 3.8) is 0 Å². The lowest BCUT2D eigenvalue weighted by atomic mass is 9.90. The third-order valence-corrected chi connectivity index (χ3v) is 6.66. The smallest absolute Gasteiger partial charge is 0.481 e. The first-order valence-electron chi connectivity index (χ1n) is 13.8. The summed E-state index contributed by atoms with van der Waals surface area (Å²) in [6.07, 6.45) is -3.65.